The van der Waals surface area contributed by atoms with Gasteiger partial charge in [-0.25, -0.2) is 5.01 Å². The Hall–Kier alpha value is -2.48. The van der Waals surface area contributed by atoms with Crippen molar-refractivity contribution in [3.05, 3.63) is 23.8 Å². The van der Waals surface area contributed by atoms with E-state index in [1.165, 1.54) is 5.01 Å². The fourth-order valence-corrected chi connectivity index (χ4v) is 3.67. The molecule has 2 atom stereocenters. The highest BCUT2D eigenvalue weighted by Gasteiger charge is 2.41. The summed E-state index contributed by atoms with van der Waals surface area (Å²) in [6.45, 7) is 0.207. The van der Waals surface area contributed by atoms with Crippen LogP contribution in [-0.2, 0) is 4.79 Å². The quantitative estimate of drug-likeness (QED) is 0.799. The molecule has 1 saturated carbocycles. The van der Waals surface area contributed by atoms with E-state index in [9.17, 15) is 4.79 Å². The number of terminal acetylenes is 1. The normalized spacial score (nSPS) is 23.1. The minimum absolute atomic E-state index is 0.0207. The Morgan fingerprint density at radius 1 is 1.21 bits per heavy atom. The molecule has 0 radical (unpaired) electrons. The first-order valence-corrected chi connectivity index (χ1v) is 8.25. The molecule has 0 N–H and O–H groups in total. The number of hydrogen-bond donors (Lipinski definition) is 0. The van der Waals surface area contributed by atoms with Crippen molar-refractivity contribution >= 4 is 11.6 Å². The van der Waals surface area contributed by atoms with Crippen molar-refractivity contribution in [3.63, 3.8) is 0 Å². The molecule has 0 unspecified atom stereocenters. The molecule has 0 bridgehead atoms. The zero-order valence-corrected chi connectivity index (χ0v) is 14.1. The van der Waals surface area contributed by atoms with Gasteiger partial charge in [-0.15, -0.1) is 6.42 Å². The summed E-state index contributed by atoms with van der Waals surface area (Å²) in [5.74, 6) is 4.05. The molecule has 2 aliphatic rings. The second kappa shape index (κ2) is 6.96. The van der Waals surface area contributed by atoms with Crippen LogP contribution in [0, 0.1) is 24.2 Å². The number of methoxy groups -OCH3 is 2. The largest absolute Gasteiger partial charge is 0.493 e. The number of carbonyl (C=O) groups excluding carboxylic acids is 1. The molecule has 1 amide bonds. The molecule has 1 aromatic carbocycles. The Labute approximate surface area is 142 Å². The molecule has 1 aliphatic carbocycles. The van der Waals surface area contributed by atoms with Gasteiger partial charge in [0.05, 0.1) is 19.9 Å². The number of benzene rings is 1. The van der Waals surface area contributed by atoms with E-state index in [4.69, 9.17) is 15.9 Å². The second-order valence-electron chi connectivity index (χ2n) is 6.15. The highest BCUT2D eigenvalue weighted by molar-refractivity contribution is 6.07. The number of fused-ring (bicyclic) bond motifs is 1. The Bertz CT molecular complexity index is 705. The molecule has 0 spiro atoms. The van der Waals surface area contributed by atoms with Crippen LogP contribution in [0.25, 0.3) is 0 Å². The molecule has 5 nitrogen and oxygen atoms in total. The molecular weight excluding hydrogens is 304 g/mol. The lowest BCUT2D eigenvalue weighted by Gasteiger charge is -2.38. The Morgan fingerprint density at radius 2 is 1.92 bits per heavy atom. The van der Waals surface area contributed by atoms with Gasteiger partial charge in [0.25, 0.3) is 0 Å². The number of carbonyl (C=O) groups is 1. The van der Waals surface area contributed by atoms with Crippen LogP contribution in [0.1, 0.15) is 31.2 Å². The maximum absolute atomic E-state index is 12.6. The third-order valence-corrected chi connectivity index (χ3v) is 4.84. The zero-order valence-electron chi connectivity index (χ0n) is 14.1. The highest BCUT2D eigenvalue weighted by atomic mass is 16.5. The third-order valence-electron chi connectivity index (χ3n) is 4.84. The van der Waals surface area contributed by atoms with Crippen LogP contribution in [-0.4, -0.2) is 37.4 Å². The molecule has 3 rings (SSSR count). The van der Waals surface area contributed by atoms with E-state index in [0.29, 0.717) is 11.5 Å². The lowest BCUT2D eigenvalue weighted by molar-refractivity contribution is -0.138. The topological polar surface area (TPSA) is 51.1 Å². The molecule has 1 fully saturated rings. The van der Waals surface area contributed by atoms with Gasteiger partial charge < -0.3 is 9.47 Å². The summed E-state index contributed by atoms with van der Waals surface area (Å²) in [6.07, 6.45) is 9.49. The van der Waals surface area contributed by atoms with Crippen LogP contribution in [0.2, 0.25) is 0 Å². The molecule has 24 heavy (non-hydrogen) atoms. The fraction of sp³-hybridized carbons (Fsp3) is 0.474. The van der Waals surface area contributed by atoms with E-state index >= 15 is 0 Å². The average molecular weight is 326 g/mol. The summed E-state index contributed by atoms with van der Waals surface area (Å²) in [5, 5.41) is 6.04. The zero-order chi connectivity index (χ0) is 17.1. The van der Waals surface area contributed by atoms with E-state index in [1.807, 2.05) is 18.2 Å². The first-order chi connectivity index (χ1) is 11.7. The predicted molar refractivity (Wildman–Crippen MR) is 92.1 cm³/mol. The molecule has 0 saturated heterocycles. The number of hydrazone groups is 1. The molecule has 1 aromatic rings. The van der Waals surface area contributed by atoms with Gasteiger partial charge in [-0.1, -0.05) is 18.8 Å². The van der Waals surface area contributed by atoms with E-state index in [0.717, 1.165) is 37.0 Å². The molecular formula is C19H22N2O3. The fourth-order valence-electron chi connectivity index (χ4n) is 3.67. The molecule has 126 valence electrons. The summed E-state index contributed by atoms with van der Waals surface area (Å²) >= 11 is 0. The monoisotopic (exact) mass is 326 g/mol. The van der Waals surface area contributed by atoms with Crippen molar-refractivity contribution in [2.75, 3.05) is 20.8 Å². The summed E-state index contributed by atoms with van der Waals surface area (Å²) in [4.78, 5) is 12.6. The first-order valence-electron chi connectivity index (χ1n) is 8.25. The van der Waals surface area contributed by atoms with E-state index in [-0.39, 0.29) is 24.3 Å². The van der Waals surface area contributed by atoms with Crippen LogP contribution in [0.15, 0.2) is 23.3 Å². The lowest BCUT2D eigenvalue weighted by atomic mass is 9.73. The molecule has 0 aromatic heterocycles. The minimum atomic E-state index is -0.0207. The van der Waals surface area contributed by atoms with E-state index in [1.54, 1.807) is 14.2 Å². The minimum Gasteiger partial charge on any atom is -0.493 e. The third kappa shape index (κ3) is 2.84. The van der Waals surface area contributed by atoms with Crippen molar-refractivity contribution in [1.82, 2.24) is 5.01 Å². The summed E-state index contributed by atoms with van der Waals surface area (Å²) in [6, 6.07) is 5.76. The predicted octanol–water partition coefficient (Wildman–Crippen LogP) is 2.69. The first kappa shape index (κ1) is 16.4. The Balaban J connectivity index is 2.04. The number of ether oxygens (including phenoxy) is 2. The Morgan fingerprint density at radius 3 is 2.58 bits per heavy atom. The SMILES string of the molecule is C#CCN1N=C(c2ccc(OC)c(OC)c2)[C@H]2CCCC[C@H]2C1=O. The van der Waals surface area contributed by atoms with Gasteiger partial charge in [0.1, 0.15) is 6.54 Å². The van der Waals surface area contributed by atoms with E-state index < -0.39 is 0 Å². The molecule has 1 heterocycles. The van der Waals surface area contributed by atoms with Crippen molar-refractivity contribution in [3.8, 4) is 23.8 Å². The number of rotatable bonds is 4. The maximum atomic E-state index is 12.6. The highest BCUT2D eigenvalue weighted by Crippen LogP contribution is 2.38. The van der Waals surface area contributed by atoms with Gasteiger partial charge in [-0.3, -0.25) is 4.79 Å². The van der Waals surface area contributed by atoms with Gasteiger partial charge in [-0.2, -0.15) is 5.10 Å². The maximum Gasteiger partial charge on any atom is 0.247 e. The van der Waals surface area contributed by atoms with Gasteiger partial charge in [-0.05, 0) is 31.0 Å². The number of hydrogen-bond acceptors (Lipinski definition) is 4. The van der Waals surface area contributed by atoms with Gasteiger partial charge in [0, 0.05) is 17.4 Å². The van der Waals surface area contributed by atoms with Crippen molar-refractivity contribution in [1.29, 1.82) is 0 Å². The van der Waals surface area contributed by atoms with Crippen molar-refractivity contribution in [2.24, 2.45) is 16.9 Å². The van der Waals surface area contributed by atoms with Crippen molar-refractivity contribution < 1.29 is 14.3 Å². The van der Waals surface area contributed by atoms with Crippen LogP contribution in [0.4, 0.5) is 0 Å². The number of amides is 1. The number of nitrogens with zero attached hydrogens (tertiary/aromatic N) is 2. The summed E-state index contributed by atoms with van der Waals surface area (Å²) < 4.78 is 10.7. The average Bonchev–Trinajstić information content (AvgIpc) is 2.63. The standard InChI is InChI=1S/C19H22N2O3/c1-4-11-21-19(22)15-8-6-5-7-14(15)18(20-21)13-9-10-16(23-2)17(12-13)24-3/h1,9-10,12,14-15H,5-8,11H2,2-3H3/t14-,15+/m0/s1. The van der Waals surface area contributed by atoms with Gasteiger partial charge in [0.2, 0.25) is 5.91 Å². The second-order valence-corrected chi connectivity index (χ2v) is 6.15. The Kier molecular flexibility index (Phi) is 4.75. The lowest BCUT2D eigenvalue weighted by Crippen LogP contribution is -2.46. The van der Waals surface area contributed by atoms with Gasteiger partial charge >= 0.3 is 0 Å². The van der Waals surface area contributed by atoms with Crippen LogP contribution >= 0.6 is 0 Å². The summed E-state index contributed by atoms with van der Waals surface area (Å²) in [7, 11) is 3.22. The van der Waals surface area contributed by atoms with Crippen LogP contribution in [0.3, 0.4) is 0 Å². The molecule has 1 aliphatic heterocycles. The summed E-state index contributed by atoms with van der Waals surface area (Å²) in [5.41, 5.74) is 1.88. The van der Waals surface area contributed by atoms with Crippen LogP contribution < -0.4 is 9.47 Å². The van der Waals surface area contributed by atoms with Crippen LogP contribution in [0.5, 0.6) is 11.5 Å². The van der Waals surface area contributed by atoms with E-state index in [2.05, 4.69) is 11.0 Å². The van der Waals surface area contributed by atoms with Crippen molar-refractivity contribution in [2.45, 2.75) is 25.7 Å². The smallest absolute Gasteiger partial charge is 0.247 e. The van der Waals surface area contributed by atoms with Gasteiger partial charge in [0.15, 0.2) is 11.5 Å². The molecule has 5 heteroatoms.